The Labute approximate surface area is 117 Å². The number of aromatic nitrogens is 2. The smallest absolute Gasteiger partial charge is 0.144 e. The average Bonchev–Trinajstić information content (AvgIpc) is 2.95. The van der Waals surface area contributed by atoms with Crippen LogP contribution in [0.1, 0.15) is 17.7 Å². The molecule has 0 radical (unpaired) electrons. The molecule has 0 spiro atoms. The second-order valence-electron chi connectivity index (χ2n) is 4.86. The molecule has 100 valence electrons. The van der Waals surface area contributed by atoms with Crippen molar-refractivity contribution < 1.29 is 0 Å². The minimum atomic E-state index is 0.524. The van der Waals surface area contributed by atoms with E-state index in [1.54, 1.807) is 18.6 Å². The van der Waals surface area contributed by atoms with Crippen molar-refractivity contribution in [2.75, 3.05) is 18.4 Å². The summed E-state index contributed by atoms with van der Waals surface area (Å²) in [4.78, 5) is 12.3. The number of likely N-dealkylation sites (tertiary alicyclic amines) is 1. The summed E-state index contributed by atoms with van der Waals surface area (Å²) in [5, 5.41) is 5.61. The molecule has 2 aromatic rings. The molecule has 0 amide bonds. The summed E-state index contributed by atoms with van der Waals surface area (Å²) >= 11 is 1.84. The van der Waals surface area contributed by atoms with Crippen LogP contribution in [0.3, 0.4) is 0 Å². The van der Waals surface area contributed by atoms with Crippen molar-refractivity contribution in [3.8, 4) is 0 Å². The Morgan fingerprint density at radius 1 is 1.32 bits per heavy atom. The van der Waals surface area contributed by atoms with E-state index >= 15 is 0 Å². The van der Waals surface area contributed by atoms with Crippen molar-refractivity contribution in [1.29, 1.82) is 0 Å². The molecule has 4 nitrogen and oxygen atoms in total. The predicted molar refractivity (Wildman–Crippen MR) is 78.3 cm³/mol. The van der Waals surface area contributed by atoms with Crippen LogP contribution in [0.15, 0.2) is 36.1 Å². The first-order chi connectivity index (χ1) is 9.40. The van der Waals surface area contributed by atoms with Gasteiger partial charge in [-0.15, -0.1) is 11.3 Å². The Kier molecular flexibility index (Phi) is 4.05. The molecular weight excluding hydrogens is 256 g/mol. The zero-order valence-corrected chi connectivity index (χ0v) is 11.6. The van der Waals surface area contributed by atoms with E-state index in [1.807, 2.05) is 11.3 Å². The number of hydrogen-bond donors (Lipinski definition) is 1. The minimum absolute atomic E-state index is 0.524. The third-order valence-corrected chi connectivity index (χ3v) is 4.32. The van der Waals surface area contributed by atoms with E-state index in [9.17, 15) is 0 Å². The molecule has 0 bridgehead atoms. The standard InChI is InChI=1S/C14H18N4S/c1-2-13(19-9-1)11-18-7-3-12(4-8-18)17-14-10-15-5-6-16-14/h1-2,5-6,9-10,12H,3-4,7-8,11H2,(H,16,17). The van der Waals surface area contributed by atoms with Gasteiger partial charge < -0.3 is 5.32 Å². The second kappa shape index (κ2) is 6.12. The largest absolute Gasteiger partial charge is 0.366 e. The van der Waals surface area contributed by atoms with Gasteiger partial charge in [-0.25, -0.2) is 4.98 Å². The molecule has 19 heavy (non-hydrogen) atoms. The minimum Gasteiger partial charge on any atom is -0.366 e. The Hall–Kier alpha value is -1.46. The van der Waals surface area contributed by atoms with Crippen LogP contribution in [-0.4, -0.2) is 34.0 Å². The maximum atomic E-state index is 4.27. The molecule has 1 aliphatic heterocycles. The predicted octanol–water partition coefficient (Wildman–Crippen LogP) is 2.61. The van der Waals surface area contributed by atoms with E-state index < -0.39 is 0 Å². The van der Waals surface area contributed by atoms with Crippen LogP contribution in [-0.2, 0) is 6.54 Å². The molecule has 0 saturated carbocycles. The van der Waals surface area contributed by atoms with Crippen molar-refractivity contribution in [3.05, 3.63) is 41.0 Å². The van der Waals surface area contributed by atoms with Crippen molar-refractivity contribution in [2.24, 2.45) is 0 Å². The fourth-order valence-electron chi connectivity index (χ4n) is 2.44. The van der Waals surface area contributed by atoms with Gasteiger partial charge in [0.2, 0.25) is 0 Å². The second-order valence-corrected chi connectivity index (χ2v) is 5.90. The Bertz CT molecular complexity index is 477. The molecule has 1 fully saturated rings. The molecule has 0 atom stereocenters. The Morgan fingerprint density at radius 3 is 2.89 bits per heavy atom. The lowest BCUT2D eigenvalue weighted by Gasteiger charge is -2.32. The van der Waals surface area contributed by atoms with Crippen LogP contribution < -0.4 is 5.32 Å². The zero-order chi connectivity index (χ0) is 12.9. The molecule has 3 rings (SSSR count). The van der Waals surface area contributed by atoms with Gasteiger partial charge in [0.1, 0.15) is 5.82 Å². The summed E-state index contributed by atoms with van der Waals surface area (Å²) < 4.78 is 0. The molecule has 5 heteroatoms. The monoisotopic (exact) mass is 274 g/mol. The fourth-order valence-corrected chi connectivity index (χ4v) is 3.19. The van der Waals surface area contributed by atoms with Crippen LogP contribution in [0.2, 0.25) is 0 Å². The molecule has 1 aliphatic rings. The van der Waals surface area contributed by atoms with Gasteiger partial charge in [0.25, 0.3) is 0 Å². The highest BCUT2D eigenvalue weighted by Gasteiger charge is 2.19. The van der Waals surface area contributed by atoms with E-state index in [1.165, 1.54) is 17.7 Å². The van der Waals surface area contributed by atoms with E-state index in [2.05, 4.69) is 37.7 Å². The lowest BCUT2D eigenvalue weighted by Crippen LogP contribution is -2.38. The van der Waals surface area contributed by atoms with Crippen LogP contribution in [0.5, 0.6) is 0 Å². The number of hydrogen-bond acceptors (Lipinski definition) is 5. The van der Waals surface area contributed by atoms with Crippen molar-refractivity contribution >= 4 is 17.2 Å². The fraction of sp³-hybridized carbons (Fsp3) is 0.429. The van der Waals surface area contributed by atoms with Gasteiger partial charge in [0.15, 0.2) is 0 Å². The number of thiophene rings is 1. The lowest BCUT2D eigenvalue weighted by molar-refractivity contribution is 0.213. The molecule has 0 aromatic carbocycles. The van der Waals surface area contributed by atoms with E-state index in [0.29, 0.717) is 6.04 Å². The SMILES string of the molecule is c1csc(CN2CCC(Nc3cnccn3)CC2)c1. The number of rotatable bonds is 4. The number of nitrogens with zero attached hydrogens (tertiary/aromatic N) is 3. The molecule has 1 N–H and O–H groups in total. The Balaban J connectivity index is 1.47. The maximum Gasteiger partial charge on any atom is 0.144 e. The average molecular weight is 274 g/mol. The first-order valence-corrected chi connectivity index (χ1v) is 7.55. The molecular formula is C14H18N4S. The Morgan fingerprint density at radius 2 is 2.21 bits per heavy atom. The van der Waals surface area contributed by atoms with Crippen LogP contribution >= 0.6 is 11.3 Å². The van der Waals surface area contributed by atoms with E-state index in [-0.39, 0.29) is 0 Å². The van der Waals surface area contributed by atoms with E-state index in [0.717, 1.165) is 25.5 Å². The van der Waals surface area contributed by atoms with Crippen LogP contribution in [0, 0.1) is 0 Å². The van der Waals surface area contributed by atoms with Crippen LogP contribution in [0.25, 0.3) is 0 Å². The summed E-state index contributed by atoms with van der Waals surface area (Å²) in [5.74, 6) is 0.888. The highest BCUT2D eigenvalue weighted by Crippen LogP contribution is 2.18. The topological polar surface area (TPSA) is 41.0 Å². The van der Waals surface area contributed by atoms with Gasteiger partial charge >= 0.3 is 0 Å². The van der Waals surface area contributed by atoms with Gasteiger partial charge in [0, 0.05) is 42.9 Å². The highest BCUT2D eigenvalue weighted by molar-refractivity contribution is 7.09. The summed E-state index contributed by atoms with van der Waals surface area (Å²) in [6.07, 6.45) is 7.56. The van der Waals surface area contributed by atoms with Crippen molar-refractivity contribution in [2.45, 2.75) is 25.4 Å². The van der Waals surface area contributed by atoms with Gasteiger partial charge in [0.05, 0.1) is 6.20 Å². The summed E-state index contributed by atoms with van der Waals surface area (Å²) in [6, 6.07) is 4.87. The summed E-state index contributed by atoms with van der Waals surface area (Å²) in [5.41, 5.74) is 0. The van der Waals surface area contributed by atoms with Gasteiger partial charge in [-0.2, -0.15) is 0 Å². The molecule has 2 aromatic heterocycles. The number of piperidine rings is 1. The number of nitrogens with one attached hydrogen (secondary N) is 1. The molecule has 1 saturated heterocycles. The third-order valence-electron chi connectivity index (χ3n) is 3.46. The molecule has 0 unspecified atom stereocenters. The first-order valence-electron chi connectivity index (χ1n) is 6.67. The van der Waals surface area contributed by atoms with Crippen molar-refractivity contribution in [3.63, 3.8) is 0 Å². The zero-order valence-electron chi connectivity index (χ0n) is 10.8. The number of anilines is 1. The van der Waals surface area contributed by atoms with E-state index in [4.69, 9.17) is 0 Å². The van der Waals surface area contributed by atoms with Gasteiger partial charge in [-0.1, -0.05) is 6.07 Å². The van der Waals surface area contributed by atoms with Gasteiger partial charge in [-0.3, -0.25) is 9.88 Å². The quantitative estimate of drug-likeness (QED) is 0.930. The lowest BCUT2D eigenvalue weighted by atomic mass is 10.1. The normalized spacial score (nSPS) is 17.5. The first kappa shape index (κ1) is 12.6. The third kappa shape index (κ3) is 3.52. The summed E-state index contributed by atoms with van der Waals surface area (Å²) in [7, 11) is 0. The van der Waals surface area contributed by atoms with Gasteiger partial charge in [-0.05, 0) is 24.3 Å². The molecule has 0 aliphatic carbocycles. The highest BCUT2D eigenvalue weighted by atomic mass is 32.1. The van der Waals surface area contributed by atoms with Crippen LogP contribution in [0.4, 0.5) is 5.82 Å². The van der Waals surface area contributed by atoms with Crippen molar-refractivity contribution in [1.82, 2.24) is 14.9 Å². The maximum absolute atomic E-state index is 4.27. The molecule has 3 heterocycles. The summed E-state index contributed by atoms with van der Waals surface area (Å²) in [6.45, 7) is 3.39.